The van der Waals surface area contributed by atoms with E-state index in [4.69, 9.17) is 0 Å². The van der Waals surface area contributed by atoms with Crippen molar-refractivity contribution in [3.8, 4) is 0 Å². The molecule has 0 bridgehead atoms. The first-order valence-corrected chi connectivity index (χ1v) is 5.50. The van der Waals surface area contributed by atoms with Crippen LogP contribution in [0.25, 0.3) is 0 Å². The van der Waals surface area contributed by atoms with Crippen LogP contribution in [0.2, 0.25) is 0 Å². The molecule has 1 atom stereocenters. The summed E-state index contributed by atoms with van der Waals surface area (Å²) >= 11 is 0. The predicted octanol–water partition coefficient (Wildman–Crippen LogP) is 1.72. The molecular weight excluding hydrogens is 188 g/mol. The average Bonchev–Trinajstić information content (AvgIpc) is 2.69. The van der Waals surface area contributed by atoms with E-state index in [1.807, 2.05) is 29.2 Å². The van der Waals surface area contributed by atoms with E-state index in [9.17, 15) is 4.79 Å². The van der Waals surface area contributed by atoms with Crippen molar-refractivity contribution >= 4 is 11.6 Å². The van der Waals surface area contributed by atoms with E-state index < -0.39 is 0 Å². The molecule has 0 aliphatic carbocycles. The van der Waals surface area contributed by atoms with Gasteiger partial charge in [0.2, 0.25) is 0 Å². The number of benzene rings is 1. The summed E-state index contributed by atoms with van der Waals surface area (Å²) in [5.41, 5.74) is 1.80. The molecule has 3 nitrogen and oxygen atoms in total. The molecule has 2 aliphatic rings. The largest absolute Gasteiger partial charge is 0.382 e. The number of nitrogens with zero attached hydrogens (tertiary/aromatic N) is 1. The topological polar surface area (TPSA) is 32.3 Å². The lowest BCUT2D eigenvalue weighted by molar-refractivity contribution is 0.0750. The second-order valence-corrected chi connectivity index (χ2v) is 4.22. The number of nitrogens with one attached hydrogen (secondary N) is 1. The molecule has 0 unspecified atom stereocenters. The van der Waals surface area contributed by atoms with Crippen LogP contribution in [0, 0.1) is 0 Å². The first-order valence-electron chi connectivity index (χ1n) is 5.50. The second-order valence-electron chi connectivity index (χ2n) is 4.22. The summed E-state index contributed by atoms with van der Waals surface area (Å²) < 4.78 is 0. The molecule has 0 aromatic heterocycles. The van der Waals surface area contributed by atoms with Crippen LogP contribution in [-0.2, 0) is 0 Å². The van der Waals surface area contributed by atoms with Gasteiger partial charge in [-0.1, -0.05) is 12.1 Å². The molecule has 1 saturated heterocycles. The highest BCUT2D eigenvalue weighted by molar-refractivity contribution is 6.00. The minimum Gasteiger partial charge on any atom is -0.382 e. The van der Waals surface area contributed by atoms with E-state index in [-0.39, 0.29) is 5.91 Å². The zero-order chi connectivity index (χ0) is 10.3. The summed E-state index contributed by atoms with van der Waals surface area (Å²) in [4.78, 5) is 14.2. The molecule has 2 aliphatic heterocycles. The summed E-state index contributed by atoms with van der Waals surface area (Å²) in [6.07, 6.45) is 2.27. The van der Waals surface area contributed by atoms with Crippen molar-refractivity contribution in [1.29, 1.82) is 0 Å². The van der Waals surface area contributed by atoms with Gasteiger partial charge in [-0.3, -0.25) is 4.79 Å². The van der Waals surface area contributed by atoms with E-state index in [1.165, 1.54) is 0 Å². The summed E-state index contributed by atoms with van der Waals surface area (Å²) in [6.45, 7) is 1.81. The third-order valence-electron chi connectivity index (χ3n) is 3.32. The fourth-order valence-electron chi connectivity index (χ4n) is 2.52. The smallest absolute Gasteiger partial charge is 0.256 e. The van der Waals surface area contributed by atoms with Gasteiger partial charge in [-0.25, -0.2) is 0 Å². The van der Waals surface area contributed by atoms with Crippen molar-refractivity contribution in [2.75, 3.05) is 18.4 Å². The molecule has 0 radical (unpaired) electrons. The molecule has 1 aromatic carbocycles. The van der Waals surface area contributed by atoms with Crippen molar-refractivity contribution in [3.63, 3.8) is 0 Å². The zero-order valence-electron chi connectivity index (χ0n) is 8.57. The van der Waals surface area contributed by atoms with Crippen molar-refractivity contribution < 1.29 is 4.79 Å². The van der Waals surface area contributed by atoms with Crippen molar-refractivity contribution in [3.05, 3.63) is 29.8 Å². The number of rotatable bonds is 0. The van der Waals surface area contributed by atoms with Gasteiger partial charge in [-0.15, -0.1) is 0 Å². The highest BCUT2D eigenvalue weighted by Crippen LogP contribution is 2.27. The Morgan fingerprint density at radius 3 is 3.13 bits per heavy atom. The average molecular weight is 202 g/mol. The number of carbonyl (C=O) groups is 1. The molecule has 1 fully saturated rings. The first kappa shape index (κ1) is 8.77. The lowest BCUT2D eigenvalue weighted by Gasteiger charge is -2.21. The Hall–Kier alpha value is -1.51. The highest BCUT2D eigenvalue weighted by atomic mass is 16.2. The Morgan fingerprint density at radius 1 is 1.33 bits per heavy atom. The summed E-state index contributed by atoms with van der Waals surface area (Å²) in [5, 5.41) is 3.36. The lowest BCUT2D eigenvalue weighted by Crippen LogP contribution is -2.36. The SMILES string of the molecule is O=C1c2ccccc2NC[C@H]2CCCN12. The standard InChI is InChI=1S/C12H14N2O/c15-12-10-5-1-2-6-11(10)13-8-9-4-3-7-14(9)12/h1-2,5-6,9,13H,3-4,7-8H2/t9-/m1/s1. The number of hydrogen-bond acceptors (Lipinski definition) is 2. The van der Waals surface area contributed by atoms with E-state index in [0.29, 0.717) is 6.04 Å². The van der Waals surface area contributed by atoms with Crippen LogP contribution in [-0.4, -0.2) is 29.9 Å². The van der Waals surface area contributed by atoms with Gasteiger partial charge in [0.15, 0.2) is 0 Å². The minimum absolute atomic E-state index is 0.193. The molecule has 0 spiro atoms. The summed E-state index contributed by atoms with van der Waals surface area (Å²) in [5.74, 6) is 0.193. The Kier molecular flexibility index (Phi) is 1.91. The number of carbonyl (C=O) groups excluding carboxylic acids is 1. The molecule has 3 rings (SSSR count). The molecule has 0 saturated carbocycles. The lowest BCUT2D eigenvalue weighted by atomic mass is 10.1. The van der Waals surface area contributed by atoms with E-state index >= 15 is 0 Å². The maximum atomic E-state index is 12.2. The molecule has 78 valence electrons. The third kappa shape index (κ3) is 1.30. The predicted molar refractivity (Wildman–Crippen MR) is 59.0 cm³/mol. The highest BCUT2D eigenvalue weighted by Gasteiger charge is 2.32. The van der Waals surface area contributed by atoms with E-state index in [1.54, 1.807) is 0 Å². The van der Waals surface area contributed by atoms with Gasteiger partial charge < -0.3 is 10.2 Å². The normalized spacial score (nSPS) is 24.1. The maximum absolute atomic E-state index is 12.2. The van der Waals surface area contributed by atoms with Crippen molar-refractivity contribution in [2.45, 2.75) is 18.9 Å². The quantitative estimate of drug-likeness (QED) is 0.694. The summed E-state index contributed by atoms with van der Waals surface area (Å²) in [6, 6.07) is 8.18. The monoisotopic (exact) mass is 202 g/mol. The molecule has 1 N–H and O–H groups in total. The Labute approximate surface area is 89.1 Å². The van der Waals surface area contributed by atoms with Crippen LogP contribution in [0.4, 0.5) is 5.69 Å². The molecule has 1 aromatic rings. The molecule has 2 heterocycles. The second kappa shape index (κ2) is 3.26. The Bertz CT molecular complexity index is 402. The van der Waals surface area contributed by atoms with Crippen LogP contribution >= 0.6 is 0 Å². The van der Waals surface area contributed by atoms with Crippen LogP contribution in [0.5, 0.6) is 0 Å². The van der Waals surface area contributed by atoms with Crippen LogP contribution in [0.1, 0.15) is 23.2 Å². The van der Waals surface area contributed by atoms with Gasteiger partial charge in [0.1, 0.15) is 0 Å². The molecule has 1 amide bonds. The van der Waals surface area contributed by atoms with Gasteiger partial charge in [0, 0.05) is 24.8 Å². The Morgan fingerprint density at radius 2 is 2.20 bits per heavy atom. The third-order valence-corrected chi connectivity index (χ3v) is 3.32. The molecule has 15 heavy (non-hydrogen) atoms. The van der Waals surface area contributed by atoms with Gasteiger partial charge in [-0.05, 0) is 25.0 Å². The van der Waals surface area contributed by atoms with Crippen molar-refractivity contribution in [1.82, 2.24) is 4.90 Å². The maximum Gasteiger partial charge on any atom is 0.256 e. The minimum atomic E-state index is 0.193. The number of hydrogen-bond donors (Lipinski definition) is 1. The van der Waals surface area contributed by atoms with Crippen molar-refractivity contribution in [2.24, 2.45) is 0 Å². The molecule has 3 heteroatoms. The fourth-order valence-corrected chi connectivity index (χ4v) is 2.52. The van der Waals surface area contributed by atoms with Crippen LogP contribution in [0.3, 0.4) is 0 Å². The number of fused-ring (bicyclic) bond motifs is 2. The number of anilines is 1. The van der Waals surface area contributed by atoms with E-state index in [2.05, 4.69) is 5.32 Å². The fraction of sp³-hybridized carbons (Fsp3) is 0.417. The number of amides is 1. The van der Waals surface area contributed by atoms with Gasteiger partial charge >= 0.3 is 0 Å². The molecular formula is C12H14N2O. The first-order chi connectivity index (χ1) is 7.36. The number of para-hydroxylation sites is 1. The van der Waals surface area contributed by atoms with Crippen LogP contribution < -0.4 is 5.32 Å². The van der Waals surface area contributed by atoms with Gasteiger partial charge in [0.05, 0.1) is 5.56 Å². The zero-order valence-corrected chi connectivity index (χ0v) is 8.57. The van der Waals surface area contributed by atoms with Crippen LogP contribution in [0.15, 0.2) is 24.3 Å². The Balaban J connectivity index is 2.04. The van der Waals surface area contributed by atoms with Gasteiger partial charge in [0.25, 0.3) is 5.91 Å². The summed E-state index contributed by atoms with van der Waals surface area (Å²) in [7, 11) is 0. The van der Waals surface area contributed by atoms with E-state index in [0.717, 1.165) is 37.2 Å². The van der Waals surface area contributed by atoms with Gasteiger partial charge in [-0.2, -0.15) is 0 Å².